The Balaban J connectivity index is 1.58. The van der Waals surface area contributed by atoms with E-state index in [0.717, 1.165) is 12.0 Å². The third kappa shape index (κ3) is 3.18. The smallest absolute Gasteiger partial charge is 0.138 e. The number of rotatable bonds is 4. The molecule has 3 heteroatoms. The summed E-state index contributed by atoms with van der Waals surface area (Å²) in [4.78, 5) is 2.49. The van der Waals surface area contributed by atoms with E-state index in [1.807, 2.05) is 42.5 Å². The predicted molar refractivity (Wildman–Crippen MR) is 99.1 cm³/mol. The monoisotopic (exact) mass is 330 g/mol. The van der Waals surface area contributed by atoms with Gasteiger partial charge in [-0.2, -0.15) is 5.26 Å². The zero-order valence-electron chi connectivity index (χ0n) is 14.5. The first kappa shape index (κ1) is 15.9. The Bertz CT molecular complexity index is 835. The summed E-state index contributed by atoms with van der Waals surface area (Å²) in [6.45, 7) is 0.478. The molecule has 0 spiro atoms. The van der Waals surface area contributed by atoms with Crippen molar-refractivity contribution in [2.24, 2.45) is 0 Å². The normalized spacial score (nSPS) is 22.3. The molecule has 0 aromatic heterocycles. The number of hydrogen-bond donors (Lipinski definition) is 0. The Morgan fingerprint density at radius 1 is 1.16 bits per heavy atom. The topological polar surface area (TPSA) is 36.3 Å². The minimum absolute atomic E-state index is 0.478. The van der Waals surface area contributed by atoms with Gasteiger partial charge in [-0.1, -0.05) is 42.5 Å². The summed E-state index contributed by atoms with van der Waals surface area (Å²) in [6, 6.07) is 19.5. The van der Waals surface area contributed by atoms with Crippen molar-refractivity contribution in [3.8, 4) is 11.8 Å². The zero-order valence-corrected chi connectivity index (χ0v) is 14.5. The fourth-order valence-electron chi connectivity index (χ4n) is 3.93. The van der Waals surface area contributed by atoms with Crippen LogP contribution in [-0.2, 0) is 6.61 Å². The molecule has 0 saturated carbocycles. The van der Waals surface area contributed by atoms with E-state index >= 15 is 0 Å². The van der Waals surface area contributed by atoms with Gasteiger partial charge < -0.3 is 4.74 Å². The van der Waals surface area contributed by atoms with E-state index in [4.69, 9.17) is 4.74 Å². The molecule has 2 bridgehead atoms. The van der Waals surface area contributed by atoms with Crippen LogP contribution in [0.5, 0.6) is 5.75 Å². The van der Waals surface area contributed by atoms with Gasteiger partial charge in [-0.05, 0) is 55.1 Å². The molecule has 25 heavy (non-hydrogen) atoms. The van der Waals surface area contributed by atoms with E-state index in [1.54, 1.807) is 0 Å². The second-order valence-electron chi connectivity index (χ2n) is 6.96. The second-order valence-corrected chi connectivity index (χ2v) is 6.96. The van der Waals surface area contributed by atoms with Gasteiger partial charge in [0.1, 0.15) is 18.4 Å². The van der Waals surface area contributed by atoms with E-state index in [0.29, 0.717) is 30.0 Å². The van der Waals surface area contributed by atoms with Crippen molar-refractivity contribution in [3.05, 3.63) is 71.3 Å². The van der Waals surface area contributed by atoms with Gasteiger partial charge in [-0.3, -0.25) is 4.90 Å². The highest BCUT2D eigenvalue weighted by Crippen LogP contribution is 2.38. The fraction of sp³-hybridized carbons (Fsp3) is 0.318. The van der Waals surface area contributed by atoms with Crippen molar-refractivity contribution < 1.29 is 4.74 Å². The summed E-state index contributed by atoms with van der Waals surface area (Å²) in [7, 11) is 2.22. The number of hydrogen-bond acceptors (Lipinski definition) is 3. The molecule has 2 unspecified atom stereocenters. The molecular formula is C22H22N2O. The molecule has 2 aliphatic heterocycles. The van der Waals surface area contributed by atoms with Gasteiger partial charge in [0, 0.05) is 12.1 Å². The summed E-state index contributed by atoms with van der Waals surface area (Å²) >= 11 is 0. The maximum atomic E-state index is 9.39. The molecule has 1 fully saturated rings. The van der Waals surface area contributed by atoms with Gasteiger partial charge in [0.05, 0.1) is 5.56 Å². The van der Waals surface area contributed by atoms with Gasteiger partial charge in [-0.15, -0.1) is 0 Å². The molecule has 2 aliphatic rings. The number of nitrogens with zero attached hydrogens (tertiary/aromatic N) is 2. The standard InChI is InChI=1S/C22H22N2O/c1-24-20-9-10-21(24)12-19(11-20)17-7-8-18(14-23)22(13-17)25-15-16-5-3-2-4-6-16/h2-8,11,13,20-21H,9-10,12,15H2,1H3. The van der Waals surface area contributed by atoms with Crippen molar-refractivity contribution in [1.29, 1.82) is 5.26 Å². The summed E-state index contributed by atoms with van der Waals surface area (Å²) in [5.41, 5.74) is 4.27. The molecule has 126 valence electrons. The van der Waals surface area contributed by atoms with Gasteiger partial charge >= 0.3 is 0 Å². The largest absolute Gasteiger partial charge is 0.488 e. The van der Waals surface area contributed by atoms with E-state index in [-0.39, 0.29) is 0 Å². The summed E-state index contributed by atoms with van der Waals surface area (Å²) in [5.74, 6) is 0.677. The van der Waals surface area contributed by atoms with Crippen LogP contribution in [0.15, 0.2) is 54.6 Å². The van der Waals surface area contributed by atoms with Gasteiger partial charge in [0.15, 0.2) is 0 Å². The molecule has 0 radical (unpaired) electrons. The Morgan fingerprint density at radius 2 is 2.00 bits per heavy atom. The zero-order chi connectivity index (χ0) is 17.2. The third-order valence-electron chi connectivity index (χ3n) is 5.45. The van der Waals surface area contributed by atoms with Crippen molar-refractivity contribution in [2.45, 2.75) is 38.0 Å². The predicted octanol–water partition coefficient (Wildman–Crippen LogP) is 4.39. The van der Waals surface area contributed by atoms with Crippen LogP contribution in [0.4, 0.5) is 0 Å². The van der Waals surface area contributed by atoms with Crippen LogP contribution < -0.4 is 4.74 Å². The number of likely N-dealkylation sites (N-methyl/N-ethyl adjacent to an activating group) is 1. The first-order valence-corrected chi connectivity index (χ1v) is 8.88. The fourth-order valence-corrected chi connectivity index (χ4v) is 3.93. The highest BCUT2D eigenvalue weighted by atomic mass is 16.5. The molecule has 2 heterocycles. The van der Waals surface area contributed by atoms with Crippen LogP contribution in [0.2, 0.25) is 0 Å². The molecule has 1 saturated heterocycles. The molecule has 2 aromatic carbocycles. The molecule has 3 nitrogen and oxygen atoms in total. The first-order chi connectivity index (χ1) is 12.2. The van der Waals surface area contributed by atoms with E-state index < -0.39 is 0 Å². The Kier molecular flexibility index (Phi) is 4.29. The van der Waals surface area contributed by atoms with Gasteiger partial charge in [0.2, 0.25) is 0 Å². The Labute approximate surface area is 149 Å². The number of benzene rings is 2. The quantitative estimate of drug-likeness (QED) is 0.834. The average molecular weight is 330 g/mol. The Hall–Kier alpha value is -2.57. The second kappa shape index (κ2) is 6.74. The van der Waals surface area contributed by atoms with E-state index in [1.165, 1.54) is 24.0 Å². The number of ether oxygens (including phenoxy) is 1. The van der Waals surface area contributed by atoms with Crippen LogP contribution in [-0.4, -0.2) is 24.0 Å². The van der Waals surface area contributed by atoms with E-state index in [9.17, 15) is 5.26 Å². The van der Waals surface area contributed by atoms with Crippen LogP contribution >= 0.6 is 0 Å². The molecule has 0 aliphatic carbocycles. The number of fused-ring (bicyclic) bond motifs is 2. The molecular weight excluding hydrogens is 308 g/mol. The number of nitriles is 1. The Morgan fingerprint density at radius 3 is 2.76 bits per heavy atom. The molecule has 0 amide bonds. The summed E-state index contributed by atoms with van der Waals surface area (Å²) in [6.07, 6.45) is 6.00. The molecule has 2 atom stereocenters. The lowest BCUT2D eigenvalue weighted by Gasteiger charge is -2.30. The molecule has 2 aromatic rings. The SMILES string of the molecule is CN1C2C=C(c3ccc(C#N)c(OCc4ccccc4)c3)CC1CC2. The molecule has 4 rings (SSSR count). The van der Waals surface area contributed by atoms with Crippen LogP contribution in [0.1, 0.15) is 36.0 Å². The van der Waals surface area contributed by atoms with E-state index in [2.05, 4.69) is 30.2 Å². The van der Waals surface area contributed by atoms with Gasteiger partial charge in [-0.25, -0.2) is 0 Å². The highest BCUT2D eigenvalue weighted by Gasteiger charge is 2.34. The molecule has 0 N–H and O–H groups in total. The lowest BCUT2D eigenvalue weighted by Crippen LogP contribution is -2.34. The third-order valence-corrected chi connectivity index (χ3v) is 5.45. The first-order valence-electron chi connectivity index (χ1n) is 8.88. The van der Waals surface area contributed by atoms with Crippen molar-refractivity contribution in [3.63, 3.8) is 0 Å². The average Bonchev–Trinajstić information content (AvgIpc) is 2.87. The van der Waals surface area contributed by atoms with Crippen LogP contribution in [0.3, 0.4) is 0 Å². The van der Waals surface area contributed by atoms with Crippen LogP contribution in [0.25, 0.3) is 5.57 Å². The van der Waals surface area contributed by atoms with Crippen LogP contribution in [0, 0.1) is 11.3 Å². The summed E-state index contributed by atoms with van der Waals surface area (Å²) in [5, 5.41) is 9.39. The van der Waals surface area contributed by atoms with Crippen molar-refractivity contribution >= 4 is 5.57 Å². The minimum Gasteiger partial charge on any atom is -0.488 e. The highest BCUT2D eigenvalue weighted by molar-refractivity contribution is 5.70. The lowest BCUT2D eigenvalue weighted by molar-refractivity contribution is 0.264. The maximum Gasteiger partial charge on any atom is 0.138 e. The lowest BCUT2D eigenvalue weighted by atomic mass is 9.94. The maximum absolute atomic E-state index is 9.39. The summed E-state index contributed by atoms with van der Waals surface area (Å²) < 4.78 is 5.98. The van der Waals surface area contributed by atoms with Crippen molar-refractivity contribution in [2.75, 3.05) is 7.05 Å². The van der Waals surface area contributed by atoms with Crippen molar-refractivity contribution in [1.82, 2.24) is 4.90 Å². The van der Waals surface area contributed by atoms with Gasteiger partial charge in [0.25, 0.3) is 0 Å². The minimum atomic E-state index is 0.478.